The molecule has 0 amide bonds. The average molecular weight is 276 g/mol. The van der Waals surface area contributed by atoms with Crippen molar-refractivity contribution in [2.75, 3.05) is 39.3 Å². The van der Waals surface area contributed by atoms with E-state index in [0.29, 0.717) is 5.92 Å². The molecule has 0 radical (unpaired) electrons. The van der Waals surface area contributed by atoms with Crippen molar-refractivity contribution < 1.29 is 4.74 Å². The van der Waals surface area contributed by atoms with Crippen LogP contribution in [-0.4, -0.2) is 44.2 Å². The third-order valence-corrected chi connectivity index (χ3v) is 3.63. The summed E-state index contributed by atoms with van der Waals surface area (Å²) in [5.41, 5.74) is 1.39. The van der Waals surface area contributed by atoms with Crippen LogP contribution in [0, 0.1) is 5.92 Å². The molecule has 0 unspecified atom stereocenters. The van der Waals surface area contributed by atoms with Crippen LogP contribution in [0.25, 0.3) is 0 Å². The van der Waals surface area contributed by atoms with E-state index in [9.17, 15) is 0 Å². The minimum atomic E-state index is 0.575. The van der Waals surface area contributed by atoms with Gasteiger partial charge in [-0.25, -0.2) is 0 Å². The van der Waals surface area contributed by atoms with Crippen LogP contribution in [0.3, 0.4) is 0 Å². The fourth-order valence-corrected chi connectivity index (χ4v) is 2.50. The molecule has 1 aliphatic heterocycles. The van der Waals surface area contributed by atoms with Gasteiger partial charge in [0.2, 0.25) is 0 Å². The first-order valence-corrected chi connectivity index (χ1v) is 7.89. The summed E-state index contributed by atoms with van der Waals surface area (Å²) in [4.78, 5) is 2.55. The number of hydrogen-bond acceptors (Lipinski definition) is 3. The third kappa shape index (κ3) is 5.51. The van der Waals surface area contributed by atoms with E-state index in [1.165, 1.54) is 31.6 Å². The van der Waals surface area contributed by atoms with E-state index >= 15 is 0 Å². The Hall–Kier alpha value is -1.06. The zero-order chi connectivity index (χ0) is 14.2. The van der Waals surface area contributed by atoms with Crippen LogP contribution in [0.2, 0.25) is 0 Å². The van der Waals surface area contributed by atoms with Gasteiger partial charge in [0.1, 0.15) is 5.75 Å². The number of nitrogens with one attached hydrogen (secondary N) is 1. The highest BCUT2D eigenvalue weighted by Crippen LogP contribution is 2.15. The van der Waals surface area contributed by atoms with Gasteiger partial charge in [-0.05, 0) is 43.0 Å². The van der Waals surface area contributed by atoms with Gasteiger partial charge in [-0.2, -0.15) is 0 Å². The zero-order valence-electron chi connectivity index (χ0n) is 12.9. The van der Waals surface area contributed by atoms with Gasteiger partial charge >= 0.3 is 0 Å². The number of nitrogens with zero attached hydrogens (tertiary/aromatic N) is 1. The van der Waals surface area contributed by atoms with Crippen molar-refractivity contribution in [2.45, 2.75) is 26.7 Å². The van der Waals surface area contributed by atoms with Gasteiger partial charge in [-0.3, -0.25) is 0 Å². The Labute approximate surface area is 123 Å². The van der Waals surface area contributed by atoms with Gasteiger partial charge in [0.25, 0.3) is 0 Å². The summed E-state index contributed by atoms with van der Waals surface area (Å²) < 4.78 is 5.79. The van der Waals surface area contributed by atoms with E-state index in [4.69, 9.17) is 4.74 Å². The molecule has 0 bridgehead atoms. The summed E-state index contributed by atoms with van der Waals surface area (Å²) in [6.07, 6.45) is 2.37. The number of piperazine rings is 1. The first-order valence-electron chi connectivity index (χ1n) is 7.89. The van der Waals surface area contributed by atoms with Crippen LogP contribution in [0.5, 0.6) is 5.75 Å². The quantitative estimate of drug-likeness (QED) is 0.828. The second-order valence-electron chi connectivity index (χ2n) is 6.05. The third-order valence-electron chi connectivity index (χ3n) is 3.63. The van der Waals surface area contributed by atoms with Crippen molar-refractivity contribution in [1.82, 2.24) is 10.2 Å². The molecule has 0 saturated carbocycles. The van der Waals surface area contributed by atoms with Gasteiger partial charge in [0.05, 0.1) is 6.61 Å². The SMILES string of the molecule is CC(C)COc1cccc(CCCN2CCNCC2)c1. The first-order chi connectivity index (χ1) is 9.74. The standard InChI is InChI=1S/C17H28N2O/c1-15(2)14-20-17-7-3-5-16(13-17)6-4-10-19-11-8-18-9-12-19/h3,5,7,13,15,18H,4,6,8-12,14H2,1-2H3. The van der Waals surface area contributed by atoms with Crippen LogP contribution < -0.4 is 10.1 Å². The fraction of sp³-hybridized carbons (Fsp3) is 0.647. The topological polar surface area (TPSA) is 24.5 Å². The average Bonchev–Trinajstić information content (AvgIpc) is 2.47. The van der Waals surface area contributed by atoms with E-state index in [2.05, 4.69) is 48.3 Å². The summed E-state index contributed by atoms with van der Waals surface area (Å²) in [6.45, 7) is 11.0. The number of benzene rings is 1. The molecule has 0 aliphatic carbocycles. The molecule has 1 aliphatic rings. The van der Waals surface area contributed by atoms with E-state index in [1.54, 1.807) is 0 Å². The van der Waals surface area contributed by atoms with Crippen LogP contribution in [0.1, 0.15) is 25.8 Å². The van der Waals surface area contributed by atoms with Crippen LogP contribution in [-0.2, 0) is 6.42 Å². The number of hydrogen-bond donors (Lipinski definition) is 1. The fourth-order valence-electron chi connectivity index (χ4n) is 2.50. The molecule has 112 valence electrons. The second-order valence-corrected chi connectivity index (χ2v) is 6.05. The molecule has 0 spiro atoms. The molecular formula is C17H28N2O. The van der Waals surface area contributed by atoms with Gasteiger partial charge < -0.3 is 15.0 Å². The second kappa shape index (κ2) is 8.28. The minimum Gasteiger partial charge on any atom is -0.493 e. The Balaban J connectivity index is 1.73. The molecule has 20 heavy (non-hydrogen) atoms. The largest absolute Gasteiger partial charge is 0.493 e. The van der Waals surface area contributed by atoms with Crippen molar-refractivity contribution in [1.29, 1.82) is 0 Å². The van der Waals surface area contributed by atoms with E-state index < -0.39 is 0 Å². The Morgan fingerprint density at radius 3 is 2.80 bits per heavy atom. The number of aryl methyl sites for hydroxylation is 1. The Kier molecular flexibility index (Phi) is 6.34. The predicted octanol–water partition coefficient (Wildman–Crippen LogP) is 2.56. The van der Waals surface area contributed by atoms with Gasteiger partial charge in [-0.1, -0.05) is 26.0 Å². The molecule has 1 fully saturated rings. The molecule has 3 heteroatoms. The molecule has 1 heterocycles. The lowest BCUT2D eigenvalue weighted by molar-refractivity contribution is 0.238. The van der Waals surface area contributed by atoms with Crippen molar-refractivity contribution in [3.05, 3.63) is 29.8 Å². The molecule has 0 aromatic heterocycles. The molecule has 1 saturated heterocycles. The molecule has 0 atom stereocenters. The highest BCUT2D eigenvalue weighted by molar-refractivity contribution is 5.28. The molecule has 1 aromatic carbocycles. The lowest BCUT2D eigenvalue weighted by Gasteiger charge is -2.27. The minimum absolute atomic E-state index is 0.575. The maximum atomic E-state index is 5.79. The monoisotopic (exact) mass is 276 g/mol. The van der Waals surface area contributed by atoms with Gasteiger partial charge in [-0.15, -0.1) is 0 Å². The molecule has 3 nitrogen and oxygen atoms in total. The Bertz CT molecular complexity index is 386. The van der Waals surface area contributed by atoms with Crippen LogP contribution in [0.4, 0.5) is 0 Å². The van der Waals surface area contributed by atoms with E-state index in [1.807, 2.05) is 0 Å². The lowest BCUT2D eigenvalue weighted by Crippen LogP contribution is -2.43. The van der Waals surface area contributed by atoms with Gasteiger partial charge in [0, 0.05) is 26.2 Å². The Morgan fingerprint density at radius 2 is 2.05 bits per heavy atom. The maximum absolute atomic E-state index is 5.79. The summed E-state index contributed by atoms with van der Waals surface area (Å²) in [6, 6.07) is 8.57. The lowest BCUT2D eigenvalue weighted by atomic mass is 10.1. The van der Waals surface area contributed by atoms with Crippen molar-refractivity contribution >= 4 is 0 Å². The first kappa shape index (κ1) is 15.3. The number of rotatable bonds is 7. The molecule has 1 N–H and O–H groups in total. The summed E-state index contributed by atoms with van der Waals surface area (Å²) >= 11 is 0. The summed E-state index contributed by atoms with van der Waals surface area (Å²) in [7, 11) is 0. The zero-order valence-corrected chi connectivity index (χ0v) is 12.9. The van der Waals surface area contributed by atoms with Crippen molar-refractivity contribution in [3.63, 3.8) is 0 Å². The van der Waals surface area contributed by atoms with Crippen LogP contribution >= 0.6 is 0 Å². The summed E-state index contributed by atoms with van der Waals surface area (Å²) in [5.74, 6) is 1.59. The van der Waals surface area contributed by atoms with E-state index in [-0.39, 0.29) is 0 Å². The highest BCUT2D eigenvalue weighted by atomic mass is 16.5. The maximum Gasteiger partial charge on any atom is 0.119 e. The van der Waals surface area contributed by atoms with Crippen molar-refractivity contribution in [2.24, 2.45) is 5.92 Å². The van der Waals surface area contributed by atoms with Gasteiger partial charge in [0.15, 0.2) is 0 Å². The number of ether oxygens (including phenoxy) is 1. The highest BCUT2D eigenvalue weighted by Gasteiger charge is 2.08. The van der Waals surface area contributed by atoms with Crippen LogP contribution in [0.15, 0.2) is 24.3 Å². The smallest absolute Gasteiger partial charge is 0.119 e. The van der Waals surface area contributed by atoms with E-state index in [0.717, 1.165) is 31.9 Å². The molecular weight excluding hydrogens is 248 g/mol. The molecule has 2 rings (SSSR count). The summed E-state index contributed by atoms with van der Waals surface area (Å²) in [5, 5.41) is 3.40. The van der Waals surface area contributed by atoms with Crippen molar-refractivity contribution in [3.8, 4) is 5.75 Å². The molecule has 1 aromatic rings. The Morgan fingerprint density at radius 1 is 1.25 bits per heavy atom. The normalized spacial score (nSPS) is 16.6. The predicted molar refractivity (Wildman–Crippen MR) is 84.4 cm³/mol.